The van der Waals surface area contributed by atoms with E-state index in [1.807, 2.05) is 13.0 Å². The Hall–Kier alpha value is -0.990. The van der Waals surface area contributed by atoms with Crippen LogP contribution in [-0.4, -0.2) is 18.7 Å². The molecule has 15 heavy (non-hydrogen) atoms. The largest absolute Gasteiger partial charge is 0.450 e. The number of carbonyl (C=O) groups is 1. The molecule has 1 amide bonds. The molecule has 0 aliphatic heterocycles. The van der Waals surface area contributed by atoms with Gasteiger partial charge in [-0.25, -0.2) is 4.79 Å². The van der Waals surface area contributed by atoms with E-state index in [0.717, 1.165) is 0 Å². The lowest BCUT2D eigenvalue weighted by molar-refractivity contribution is 0.144. The van der Waals surface area contributed by atoms with Crippen molar-refractivity contribution in [1.82, 2.24) is 5.32 Å². The molecule has 1 rings (SSSR count). The SMILES string of the molecule is C=CC(NC(=O)OCC)C1CCCCC1. The second-order valence-corrected chi connectivity index (χ2v) is 4.02. The van der Waals surface area contributed by atoms with Crippen molar-refractivity contribution in [2.24, 2.45) is 5.92 Å². The molecule has 0 aromatic carbocycles. The summed E-state index contributed by atoms with van der Waals surface area (Å²) in [7, 11) is 0. The van der Waals surface area contributed by atoms with Crippen molar-refractivity contribution in [3.8, 4) is 0 Å². The van der Waals surface area contributed by atoms with E-state index in [2.05, 4.69) is 11.9 Å². The summed E-state index contributed by atoms with van der Waals surface area (Å²) < 4.78 is 4.87. The van der Waals surface area contributed by atoms with Gasteiger partial charge in [-0.05, 0) is 25.7 Å². The fourth-order valence-electron chi connectivity index (χ4n) is 2.17. The van der Waals surface area contributed by atoms with E-state index in [1.165, 1.54) is 32.1 Å². The second-order valence-electron chi connectivity index (χ2n) is 4.02. The highest BCUT2D eigenvalue weighted by atomic mass is 16.5. The van der Waals surface area contributed by atoms with Crippen LogP contribution in [0.3, 0.4) is 0 Å². The zero-order valence-electron chi connectivity index (χ0n) is 9.50. The topological polar surface area (TPSA) is 38.3 Å². The minimum absolute atomic E-state index is 0.0735. The van der Waals surface area contributed by atoms with Crippen LogP contribution < -0.4 is 5.32 Å². The zero-order chi connectivity index (χ0) is 11.1. The van der Waals surface area contributed by atoms with Crippen LogP contribution in [0.4, 0.5) is 4.79 Å². The van der Waals surface area contributed by atoms with Gasteiger partial charge >= 0.3 is 6.09 Å². The number of rotatable bonds is 4. The van der Waals surface area contributed by atoms with Gasteiger partial charge in [0.1, 0.15) is 0 Å². The number of hydrogen-bond donors (Lipinski definition) is 1. The molecule has 0 radical (unpaired) electrons. The predicted molar refractivity (Wildman–Crippen MR) is 60.7 cm³/mol. The quantitative estimate of drug-likeness (QED) is 0.726. The number of carbonyl (C=O) groups excluding carboxylic acids is 1. The van der Waals surface area contributed by atoms with Crippen LogP contribution in [0.1, 0.15) is 39.0 Å². The van der Waals surface area contributed by atoms with Crippen molar-refractivity contribution in [1.29, 1.82) is 0 Å². The molecule has 0 saturated heterocycles. The normalized spacial score (nSPS) is 19.3. The molecule has 1 unspecified atom stereocenters. The van der Waals surface area contributed by atoms with Gasteiger partial charge in [0.25, 0.3) is 0 Å². The second kappa shape index (κ2) is 6.49. The Balaban J connectivity index is 2.39. The lowest BCUT2D eigenvalue weighted by Crippen LogP contribution is -2.39. The summed E-state index contributed by atoms with van der Waals surface area (Å²) >= 11 is 0. The summed E-state index contributed by atoms with van der Waals surface area (Å²) in [6.07, 6.45) is 7.71. The molecule has 0 heterocycles. The standard InChI is InChI=1S/C12H21NO2/c1-3-11(13-12(14)15-4-2)10-8-6-5-7-9-10/h3,10-11H,1,4-9H2,2H3,(H,13,14). The molecular formula is C12H21NO2. The Morgan fingerprint density at radius 2 is 2.20 bits per heavy atom. The summed E-state index contributed by atoms with van der Waals surface area (Å²) in [6, 6.07) is 0.0735. The average molecular weight is 211 g/mol. The summed E-state index contributed by atoms with van der Waals surface area (Å²) in [5.41, 5.74) is 0. The molecule has 3 heteroatoms. The van der Waals surface area contributed by atoms with Gasteiger partial charge in [0, 0.05) is 0 Å². The molecule has 1 fully saturated rings. The van der Waals surface area contributed by atoms with Crippen LogP contribution in [0, 0.1) is 5.92 Å². The zero-order valence-corrected chi connectivity index (χ0v) is 9.50. The Bertz CT molecular complexity index is 210. The van der Waals surface area contributed by atoms with Crippen molar-refractivity contribution in [3.05, 3.63) is 12.7 Å². The van der Waals surface area contributed by atoms with Gasteiger partial charge in [0.05, 0.1) is 12.6 Å². The third-order valence-corrected chi connectivity index (χ3v) is 2.97. The maximum Gasteiger partial charge on any atom is 0.407 e. The van der Waals surface area contributed by atoms with Gasteiger partial charge in [-0.15, -0.1) is 6.58 Å². The van der Waals surface area contributed by atoms with Gasteiger partial charge in [0.15, 0.2) is 0 Å². The monoisotopic (exact) mass is 211 g/mol. The van der Waals surface area contributed by atoms with Crippen molar-refractivity contribution in [2.45, 2.75) is 45.1 Å². The third-order valence-electron chi connectivity index (χ3n) is 2.97. The van der Waals surface area contributed by atoms with E-state index in [4.69, 9.17) is 4.74 Å². The highest BCUT2D eigenvalue weighted by Crippen LogP contribution is 2.26. The van der Waals surface area contributed by atoms with Crippen LogP contribution in [0.15, 0.2) is 12.7 Å². The third kappa shape index (κ3) is 3.94. The van der Waals surface area contributed by atoms with Gasteiger partial charge in [-0.3, -0.25) is 0 Å². The Morgan fingerprint density at radius 3 is 2.73 bits per heavy atom. The van der Waals surface area contributed by atoms with Gasteiger partial charge in [-0.2, -0.15) is 0 Å². The number of alkyl carbamates (subject to hydrolysis) is 1. The Kier molecular flexibility index (Phi) is 5.22. The molecule has 0 bridgehead atoms. The Labute approximate surface area is 91.9 Å². The summed E-state index contributed by atoms with van der Waals surface area (Å²) in [4.78, 5) is 11.3. The number of ether oxygens (including phenoxy) is 1. The lowest BCUT2D eigenvalue weighted by Gasteiger charge is -2.28. The fraction of sp³-hybridized carbons (Fsp3) is 0.750. The maximum absolute atomic E-state index is 11.3. The Morgan fingerprint density at radius 1 is 1.53 bits per heavy atom. The number of nitrogens with one attached hydrogen (secondary N) is 1. The molecule has 0 spiro atoms. The minimum atomic E-state index is -0.326. The van der Waals surface area contributed by atoms with Gasteiger partial charge in [-0.1, -0.05) is 25.3 Å². The maximum atomic E-state index is 11.3. The van der Waals surface area contributed by atoms with Gasteiger partial charge < -0.3 is 10.1 Å². The van der Waals surface area contributed by atoms with E-state index in [9.17, 15) is 4.79 Å². The summed E-state index contributed by atoms with van der Waals surface area (Å²) in [6.45, 7) is 6.00. The van der Waals surface area contributed by atoms with Crippen molar-refractivity contribution < 1.29 is 9.53 Å². The molecule has 0 aromatic rings. The molecular weight excluding hydrogens is 190 g/mol. The molecule has 1 saturated carbocycles. The fourth-order valence-corrected chi connectivity index (χ4v) is 2.17. The van der Waals surface area contributed by atoms with Crippen molar-refractivity contribution >= 4 is 6.09 Å². The van der Waals surface area contributed by atoms with E-state index in [-0.39, 0.29) is 12.1 Å². The molecule has 0 aromatic heterocycles. The molecule has 1 aliphatic carbocycles. The molecule has 86 valence electrons. The molecule has 3 nitrogen and oxygen atoms in total. The summed E-state index contributed by atoms with van der Waals surface area (Å²) in [5, 5.41) is 2.86. The molecule has 1 atom stereocenters. The van der Waals surface area contributed by atoms with Crippen LogP contribution in [0.2, 0.25) is 0 Å². The first-order chi connectivity index (χ1) is 7.27. The van der Waals surface area contributed by atoms with Crippen molar-refractivity contribution in [3.63, 3.8) is 0 Å². The number of amides is 1. The minimum Gasteiger partial charge on any atom is -0.450 e. The van der Waals surface area contributed by atoms with Crippen molar-refractivity contribution in [2.75, 3.05) is 6.61 Å². The van der Waals surface area contributed by atoms with Crippen LogP contribution in [0.5, 0.6) is 0 Å². The highest BCUT2D eigenvalue weighted by Gasteiger charge is 2.22. The first kappa shape index (κ1) is 12.1. The lowest BCUT2D eigenvalue weighted by atomic mass is 9.84. The van der Waals surface area contributed by atoms with Crippen LogP contribution in [0.25, 0.3) is 0 Å². The van der Waals surface area contributed by atoms with E-state index in [1.54, 1.807) is 0 Å². The average Bonchev–Trinajstić information content (AvgIpc) is 2.27. The smallest absolute Gasteiger partial charge is 0.407 e. The van der Waals surface area contributed by atoms with Gasteiger partial charge in [0.2, 0.25) is 0 Å². The first-order valence-electron chi connectivity index (χ1n) is 5.83. The molecule has 1 N–H and O–H groups in total. The van der Waals surface area contributed by atoms with E-state index >= 15 is 0 Å². The van der Waals surface area contributed by atoms with Crippen LogP contribution >= 0.6 is 0 Å². The predicted octanol–water partition coefficient (Wildman–Crippen LogP) is 2.87. The van der Waals surface area contributed by atoms with E-state index in [0.29, 0.717) is 12.5 Å². The highest BCUT2D eigenvalue weighted by molar-refractivity contribution is 5.67. The van der Waals surface area contributed by atoms with Crippen LogP contribution in [-0.2, 0) is 4.74 Å². The van der Waals surface area contributed by atoms with E-state index < -0.39 is 0 Å². The summed E-state index contributed by atoms with van der Waals surface area (Å²) in [5.74, 6) is 0.542. The number of hydrogen-bond acceptors (Lipinski definition) is 2. The first-order valence-corrected chi connectivity index (χ1v) is 5.83. The molecule has 1 aliphatic rings.